The van der Waals surface area contributed by atoms with Gasteiger partial charge in [-0.15, -0.1) is 0 Å². The van der Waals surface area contributed by atoms with Crippen LogP contribution in [0, 0.1) is 11.8 Å². The van der Waals surface area contributed by atoms with E-state index in [1.807, 2.05) is 60.7 Å². The van der Waals surface area contributed by atoms with Crippen molar-refractivity contribution in [2.24, 2.45) is 5.73 Å². The zero-order valence-corrected chi connectivity index (χ0v) is 45.9. The highest BCUT2D eigenvalue weighted by Gasteiger charge is 2.51. The van der Waals surface area contributed by atoms with Crippen molar-refractivity contribution < 1.29 is 66.3 Å². The molecule has 434 valence electrons. The Hall–Kier alpha value is -8.58. The first-order valence-electron chi connectivity index (χ1n) is 27.4. The fourth-order valence-electron chi connectivity index (χ4n) is 11.2. The summed E-state index contributed by atoms with van der Waals surface area (Å²) in [6.07, 6.45) is 2.79. The zero-order chi connectivity index (χ0) is 59.2. The number of fused-ring (bicyclic) bond motifs is 3. The summed E-state index contributed by atoms with van der Waals surface area (Å²) in [7, 11) is -5.94. The molecule has 1 aromatic heterocycles. The van der Waals surface area contributed by atoms with E-state index in [2.05, 4.69) is 38.1 Å². The highest BCUT2D eigenvalue weighted by atomic mass is 31.2. The molecule has 5 atom stereocenters. The number of hydrogen-bond donors (Lipinski definition) is 8. The molecule has 0 radical (unpaired) electrons. The van der Waals surface area contributed by atoms with E-state index in [9.17, 15) is 61.5 Å². The van der Waals surface area contributed by atoms with Crippen LogP contribution < -0.4 is 27.0 Å². The molecule has 3 fully saturated rings. The number of amides is 9. The van der Waals surface area contributed by atoms with Crippen LogP contribution in [0.2, 0.25) is 0 Å². The SMILES string of the molecule is NC(=O)CCC(NC(=O)C1CCC2CCN(C(=O)CCCCCC#Cc3cccc4c3CN(C3CCC(=O)NC3=O)C4=O)CC(NC(=O)c3cc4cc(C(F)(F)P(=O)(O)O)ccc4[nH]3)C(=O)N21)C(=O)NC(c1ccccc1)c1ccccc1. The number of piperidine rings is 1. The lowest BCUT2D eigenvalue weighted by Crippen LogP contribution is -2.62. The van der Waals surface area contributed by atoms with E-state index < -0.39 is 90.5 Å². The molecule has 4 aliphatic rings. The standard InChI is InChI=1S/C59H62F2N9O12P/c60-59(61,83(80,81)82)39-21-23-43-38(31-39)32-45(63-43)54(75)65-46-34-68(51(73)20-11-3-1-2-6-13-35-18-12-19-41-42(35)33-69(57(41)78)47-26-28-50(72)66-55(47)76)30-29-40-22-25-48(70(40)58(46)79)56(77)64-44(24-27-49(62)71)53(74)67-52(36-14-7-4-8-15-36)37-16-9-5-10-17-37/h4-5,7-10,12,14-19,21,23,31-32,40,44,46-48,52,63H,1-3,11,20,22,24-30,33-34H2,(H2,62,71)(H,64,77)(H,65,75)(H,67,74)(H,66,72,76)(H2,80,81,82). The molecule has 3 saturated heterocycles. The number of aromatic amines is 1. The number of nitrogens with one attached hydrogen (secondary N) is 5. The molecule has 24 heteroatoms. The van der Waals surface area contributed by atoms with Gasteiger partial charge in [0.2, 0.25) is 41.4 Å². The molecule has 83 heavy (non-hydrogen) atoms. The molecule has 0 aliphatic carbocycles. The van der Waals surface area contributed by atoms with Gasteiger partial charge in [0.1, 0.15) is 29.9 Å². The van der Waals surface area contributed by atoms with Crippen molar-refractivity contribution in [3.63, 3.8) is 0 Å². The van der Waals surface area contributed by atoms with Crippen molar-refractivity contribution in [3.05, 3.63) is 142 Å². The van der Waals surface area contributed by atoms with Crippen LogP contribution in [0.3, 0.4) is 0 Å². The van der Waals surface area contributed by atoms with Gasteiger partial charge in [-0.2, -0.15) is 8.78 Å². The van der Waals surface area contributed by atoms with E-state index in [-0.39, 0.29) is 98.9 Å². The predicted octanol–water partition coefficient (Wildman–Crippen LogP) is 4.50. The van der Waals surface area contributed by atoms with Gasteiger partial charge in [-0.25, -0.2) is 0 Å². The second kappa shape index (κ2) is 25.3. The van der Waals surface area contributed by atoms with Gasteiger partial charge in [-0.1, -0.05) is 91.1 Å². The van der Waals surface area contributed by atoms with Crippen molar-refractivity contribution in [1.82, 2.24) is 41.0 Å². The maximum Gasteiger partial charge on any atom is 0.399 e. The monoisotopic (exact) mass is 1160 g/mol. The molecule has 9 rings (SSSR count). The third-order valence-corrected chi connectivity index (χ3v) is 16.6. The van der Waals surface area contributed by atoms with Crippen molar-refractivity contribution in [3.8, 4) is 11.8 Å². The van der Waals surface area contributed by atoms with Crippen LogP contribution in [0.4, 0.5) is 8.78 Å². The Morgan fingerprint density at radius 1 is 0.831 bits per heavy atom. The number of nitrogens with zero attached hydrogens (tertiary/aromatic N) is 3. The number of rotatable bonds is 19. The lowest BCUT2D eigenvalue weighted by molar-refractivity contribution is -0.145. The maximum atomic E-state index is 15.0. The quantitative estimate of drug-likeness (QED) is 0.0245. The number of benzene rings is 4. The number of halogens is 2. The van der Waals surface area contributed by atoms with Crippen LogP contribution >= 0.6 is 7.60 Å². The second-order valence-electron chi connectivity index (χ2n) is 21.1. The highest BCUT2D eigenvalue weighted by molar-refractivity contribution is 7.52. The summed E-state index contributed by atoms with van der Waals surface area (Å²) in [6.45, 7) is -0.0317. The van der Waals surface area contributed by atoms with E-state index in [0.717, 1.165) is 29.3 Å². The molecule has 5 unspecified atom stereocenters. The summed E-state index contributed by atoms with van der Waals surface area (Å²) in [6, 6.07) is 21.4. The average Bonchev–Trinajstić information content (AvgIpc) is 4.43. The van der Waals surface area contributed by atoms with Crippen LogP contribution in [0.1, 0.15) is 132 Å². The highest BCUT2D eigenvalue weighted by Crippen LogP contribution is 2.59. The van der Waals surface area contributed by atoms with Gasteiger partial charge in [0.05, 0.1) is 6.04 Å². The van der Waals surface area contributed by atoms with Crippen LogP contribution in [0.5, 0.6) is 0 Å². The minimum Gasteiger partial charge on any atom is -0.370 e. The Bertz CT molecular complexity index is 3430. The second-order valence-corrected chi connectivity index (χ2v) is 22.8. The third kappa shape index (κ3) is 13.4. The molecule has 0 bridgehead atoms. The first kappa shape index (κ1) is 59.1. The molecule has 9 amide bonds. The van der Waals surface area contributed by atoms with Gasteiger partial charge in [0, 0.05) is 79.0 Å². The summed E-state index contributed by atoms with van der Waals surface area (Å²) >= 11 is 0. The van der Waals surface area contributed by atoms with Crippen molar-refractivity contribution in [1.29, 1.82) is 0 Å². The van der Waals surface area contributed by atoms with Crippen molar-refractivity contribution >= 4 is 71.7 Å². The van der Waals surface area contributed by atoms with Gasteiger partial charge in [-0.05, 0) is 92.0 Å². The van der Waals surface area contributed by atoms with Gasteiger partial charge >= 0.3 is 13.3 Å². The molecule has 4 aromatic carbocycles. The zero-order valence-electron chi connectivity index (χ0n) is 45.0. The number of imide groups is 1. The van der Waals surface area contributed by atoms with Gasteiger partial charge in [0.25, 0.3) is 11.8 Å². The molecule has 4 aliphatic heterocycles. The molecule has 9 N–H and O–H groups in total. The first-order valence-corrected chi connectivity index (χ1v) is 29.0. The topological polar surface area (TPSA) is 311 Å². The van der Waals surface area contributed by atoms with Crippen molar-refractivity contribution in [2.75, 3.05) is 13.1 Å². The van der Waals surface area contributed by atoms with Gasteiger partial charge in [0.15, 0.2) is 0 Å². The Kier molecular flexibility index (Phi) is 18.0. The minimum absolute atomic E-state index is 0.00360. The maximum absolute atomic E-state index is 15.0. The Morgan fingerprint density at radius 2 is 1.55 bits per heavy atom. The van der Waals surface area contributed by atoms with E-state index >= 15 is 4.79 Å². The number of carbonyl (C=O) groups excluding carboxylic acids is 9. The number of hydrogen-bond acceptors (Lipinski definition) is 10. The number of alkyl halides is 2. The lowest BCUT2D eigenvalue weighted by atomic mass is 9.98. The molecule has 0 spiro atoms. The number of carbonyl (C=O) groups is 9. The number of primary amides is 1. The fourth-order valence-corrected chi connectivity index (χ4v) is 11.7. The summed E-state index contributed by atoms with van der Waals surface area (Å²) < 4.78 is 41.1. The summed E-state index contributed by atoms with van der Waals surface area (Å²) in [4.78, 5) is 148. The molecule has 21 nitrogen and oxygen atoms in total. The number of nitrogens with two attached hydrogens (primary N) is 1. The van der Waals surface area contributed by atoms with Crippen LogP contribution in [0.15, 0.2) is 103 Å². The summed E-state index contributed by atoms with van der Waals surface area (Å²) in [5.74, 6) is 1.13. The fraction of sp³-hybridized carbons (Fsp3) is 0.373. The third-order valence-electron chi connectivity index (χ3n) is 15.6. The Labute approximate surface area is 475 Å². The van der Waals surface area contributed by atoms with Crippen LogP contribution in [-0.2, 0) is 50.3 Å². The minimum atomic E-state index is -5.94. The lowest BCUT2D eigenvalue weighted by Gasteiger charge is -2.39. The molecular weight excluding hydrogens is 1100 g/mol. The Morgan fingerprint density at radius 3 is 2.24 bits per heavy atom. The first-order chi connectivity index (χ1) is 39.7. The molecule has 5 aromatic rings. The van der Waals surface area contributed by atoms with Gasteiger partial charge in [-0.3, -0.25) is 53.0 Å². The normalized spacial score (nSPS) is 19.5. The van der Waals surface area contributed by atoms with Crippen LogP contribution in [-0.4, -0.2) is 126 Å². The average molecular weight is 1160 g/mol. The predicted molar refractivity (Wildman–Crippen MR) is 296 cm³/mol. The van der Waals surface area contributed by atoms with Crippen LogP contribution in [0.25, 0.3) is 10.9 Å². The molecule has 0 saturated carbocycles. The van der Waals surface area contributed by atoms with E-state index in [1.54, 1.807) is 18.2 Å². The number of H-pyrrole nitrogens is 1. The number of unbranched alkanes of at least 4 members (excludes halogenated alkanes) is 3. The summed E-state index contributed by atoms with van der Waals surface area (Å²) in [5.41, 5.74) is 3.21. The smallest absolute Gasteiger partial charge is 0.370 e. The van der Waals surface area contributed by atoms with E-state index in [1.165, 1.54) is 20.8 Å². The molecular formula is C59H62F2N9O12P. The molecule has 5 heterocycles. The van der Waals surface area contributed by atoms with E-state index in [4.69, 9.17) is 5.73 Å². The van der Waals surface area contributed by atoms with E-state index in [0.29, 0.717) is 48.8 Å². The summed E-state index contributed by atoms with van der Waals surface area (Å²) in [5, 5.41) is 10.8. The Balaban J connectivity index is 0.888. The number of aromatic nitrogens is 1. The van der Waals surface area contributed by atoms with Gasteiger partial charge < -0.3 is 51.2 Å². The largest absolute Gasteiger partial charge is 0.399 e. The van der Waals surface area contributed by atoms with Crippen molar-refractivity contribution in [2.45, 2.75) is 126 Å².